The van der Waals surface area contributed by atoms with Crippen molar-refractivity contribution in [1.29, 1.82) is 0 Å². The molecule has 19 heavy (non-hydrogen) atoms. The summed E-state index contributed by atoms with van der Waals surface area (Å²) in [6, 6.07) is 16.7. The van der Waals surface area contributed by atoms with E-state index in [-0.39, 0.29) is 0 Å². The smallest absolute Gasteiger partial charge is 0.141 e. The lowest BCUT2D eigenvalue weighted by atomic mass is 10.0. The van der Waals surface area contributed by atoms with Crippen molar-refractivity contribution in [3.05, 3.63) is 59.7 Å². The summed E-state index contributed by atoms with van der Waals surface area (Å²) < 4.78 is 5.38. The van der Waals surface area contributed by atoms with Crippen molar-refractivity contribution in [3.63, 3.8) is 0 Å². The highest BCUT2D eigenvalue weighted by molar-refractivity contribution is 5.58. The van der Waals surface area contributed by atoms with Gasteiger partial charge in [0.25, 0.3) is 0 Å². The van der Waals surface area contributed by atoms with Gasteiger partial charge < -0.3 is 10.1 Å². The van der Waals surface area contributed by atoms with E-state index in [1.165, 1.54) is 11.1 Å². The fourth-order valence-corrected chi connectivity index (χ4v) is 2.12. The van der Waals surface area contributed by atoms with E-state index < -0.39 is 0 Å². The summed E-state index contributed by atoms with van der Waals surface area (Å²) in [5, 5.41) is 3.48. The van der Waals surface area contributed by atoms with Crippen molar-refractivity contribution in [1.82, 2.24) is 0 Å². The van der Waals surface area contributed by atoms with Crippen LogP contribution in [-0.2, 0) is 0 Å². The number of hydrogen-bond donors (Lipinski definition) is 1. The Balaban J connectivity index is 2.04. The second kappa shape index (κ2) is 6.28. The molecule has 1 unspecified atom stereocenters. The predicted octanol–water partition coefficient (Wildman–Crippen LogP) is 4.22. The van der Waals surface area contributed by atoms with Gasteiger partial charge in [0.05, 0.1) is 12.8 Å². The van der Waals surface area contributed by atoms with Crippen molar-refractivity contribution in [2.24, 2.45) is 0 Å². The molecule has 0 aliphatic heterocycles. The average molecular weight is 255 g/mol. The molecule has 100 valence electrons. The topological polar surface area (TPSA) is 21.3 Å². The van der Waals surface area contributed by atoms with Crippen LogP contribution in [0.3, 0.4) is 0 Å². The Bertz CT molecular complexity index is 522. The monoisotopic (exact) mass is 255 g/mol. The minimum Gasteiger partial charge on any atom is -0.495 e. The quantitative estimate of drug-likeness (QED) is 0.863. The van der Waals surface area contributed by atoms with Gasteiger partial charge in [-0.05, 0) is 36.1 Å². The van der Waals surface area contributed by atoms with Crippen molar-refractivity contribution in [2.75, 3.05) is 19.0 Å². The third-order valence-electron chi connectivity index (χ3n) is 3.32. The summed E-state index contributed by atoms with van der Waals surface area (Å²) in [7, 11) is 1.70. The number of aryl methyl sites for hydroxylation is 1. The number of rotatable bonds is 5. The van der Waals surface area contributed by atoms with E-state index in [1.807, 2.05) is 12.1 Å². The Morgan fingerprint density at radius 3 is 2.53 bits per heavy atom. The first-order valence-corrected chi connectivity index (χ1v) is 6.64. The molecule has 0 aromatic heterocycles. The highest BCUT2D eigenvalue weighted by Gasteiger charge is 2.07. The maximum absolute atomic E-state index is 5.38. The number of nitrogens with one attached hydrogen (secondary N) is 1. The lowest BCUT2D eigenvalue weighted by molar-refractivity contribution is 0.416. The summed E-state index contributed by atoms with van der Waals surface area (Å²) in [6.07, 6.45) is 0. The molecule has 0 aliphatic rings. The molecule has 2 heteroatoms. The summed E-state index contributed by atoms with van der Waals surface area (Å²) in [6.45, 7) is 5.21. The van der Waals surface area contributed by atoms with Gasteiger partial charge in [-0.15, -0.1) is 0 Å². The highest BCUT2D eigenvalue weighted by Crippen LogP contribution is 2.26. The largest absolute Gasteiger partial charge is 0.495 e. The van der Waals surface area contributed by atoms with Gasteiger partial charge in [-0.2, -0.15) is 0 Å². The van der Waals surface area contributed by atoms with Gasteiger partial charge in [-0.3, -0.25) is 0 Å². The molecule has 0 fully saturated rings. The van der Waals surface area contributed by atoms with Gasteiger partial charge in [0, 0.05) is 6.54 Å². The molecule has 1 atom stereocenters. The van der Waals surface area contributed by atoms with Gasteiger partial charge in [0.2, 0.25) is 0 Å². The Labute approximate surface area is 115 Å². The van der Waals surface area contributed by atoms with Gasteiger partial charge in [0.1, 0.15) is 5.75 Å². The van der Waals surface area contributed by atoms with Crippen LogP contribution in [0.2, 0.25) is 0 Å². The van der Waals surface area contributed by atoms with Crippen LogP contribution >= 0.6 is 0 Å². The van der Waals surface area contributed by atoms with Crippen molar-refractivity contribution >= 4 is 5.69 Å². The summed E-state index contributed by atoms with van der Waals surface area (Å²) in [5.74, 6) is 1.36. The zero-order valence-electron chi connectivity index (χ0n) is 11.8. The molecule has 0 saturated carbocycles. The van der Waals surface area contributed by atoms with Crippen LogP contribution in [0.15, 0.2) is 48.5 Å². The van der Waals surface area contributed by atoms with Gasteiger partial charge >= 0.3 is 0 Å². The molecule has 0 bridgehead atoms. The molecule has 0 saturated heterocycles. The number of methoxy groups -OCH3 is 1. The fourth-order valence-electron chi connectivity index (χ4n) is 2.12. The maximum atomic E-state index is 5.38. The zero-order valence-corrected chi connectivity index (χ0v) is 11.8. The molecule has 0 amide bonds. The molecule has 0 radical (unpaired) electrons. The van der Waals surface area contributed by atoms with Gasteiger partial charge in [-0.25, -0.2) is 0 Å². The number of ether oxygens (including phenoxy) is 1. The van der Waals surface area contributed by atoms with E-state index in [2.05, 4.69) is 55.6 Å². The number of anilines is 1. The Kier molecular flexibility index (Phi) is 4.45. The van der Waals surface area contributed by atoms with E-state index in [4.69, 9.17) is 4.74 Å². The molecular formula is C17H21NO. The van der Waals surface area contributed by atoms with Crippen LogP contribution < -0.4 is 10.1 Å². The molecular weight excluding hydrogens is 234 g/mol. The Morgan fingerprint density at radius 1 is 1.11 bits per heavy atom. The highest BCUT2D eigenvalue weighted by atomic mass is 16.5. The Morgan fingerprint density at radius 2 is 1.84 bits per heavy atom. The SMILES string of the molecule is COc1ccc(C)cc1NCC(C)c1ccccc1. The lowest BCUT2D eigenvalue weighted by Crippen LogP contribution is -2.10. The van der Waals surface area contributed by atoms with E-state index in [0.717, 1.165) is 18.0 Å². The predicted molar refractivity (Wildman–Crippen MR) is 81.1 cm³/mol. The fraction of sp³-hybridized carbons (Fsp3) is 0.294. The van der Waals surface area contributed by atoms with E-state index in [1.54, 1.807) is 7.11 Å². The maximum Gasteiger partial charge on any atom is 0.141 e. The van der Waals surface area contributed by atoms with Crippen molar-refractivity contribution < 1.29 is 4.74 Å². The second-order valence-corrected chi connectivity index (χ2v) is 4.90. The molecule has 0 spiro atoms. The first-order valence-electron chi connectivity index (χ1n) is 6.64. The molecule has 2 aromatic rings. The molecule has 2 nitrogen and oxygen atoms in total. The van der Waals surface area contributed by atoms with Gasteiger partial charge in [0.15, 0.2) is 0 Å². The minimum absolute atomic E-state index is 0.464. The molecule has 2 rings (SSSR count). The minimum atomic E-state index is 0.464. The van der Waals surface area contributed by atoms with E-state index in [9.17, 15) is 0 Å². The zero-order chi connectivity index (χ0) is 13.7. The van der Waals surface area contributed by atoms with Crippen LogP contribution in [0.5, 0.6) is 5.75 Å². The summed E-state index contributed by atoms with van der Waals surface area (Å²) >= 11 is 0. The Hall–Kier alpha value is -1.96. The third kappa shape index (κ3) is 3.50. The van der Waals surface area contributed by atoms with Gasteiger partial charge in [-0.1, -0.05) is 43.3 Å². The lowest BCUT2D eigenvalue weighted by Gasteiger charge is -2.16. The third-order valence-corrected chi connectivity index (χ3v) is 3.32. The van der Waals surface area contributed by atoms with E-state index >= 15 is 0 Å². The summed E-state index contributed by atoms with van der Waals surface area (Å²) in [5.41, 5.74) is 3.64. The van der Waals surface area contributed by atoms with Crippen LogP contribution in [0.25, 0.3) is 0 Å². The standard InChI is InChI=1S/C17H21NO/c1-13-9-10-17(19-3)16(11-13)18-12-14(2)15-7-5-4-6-8-15/h4-11,14,18H,12H2,1-3H3. The molecule has 0 aliphatic carbocycles. The van der Waals surface area contributed by atoms with Crippen LogP contribution in [0.1, 0.15) is 24.0 Å². The normalized spacial score (nSPS) is 11.9. The van der Waals surface area contributed by atoms with Crippen LogP contribution in [0, 0.1) is 6.92 Å². The number of benzene rings is 2. The first kappa shape index (κ1) is 13.5. The average Bonchev–Trinajstić information content (AvgIpc) is 2.46. The molecule has 1 N–H and O–H groups in total. The second-order valence-electron chi connectivity index (χ2n) is 4.90. The van der Waals surface area contributed by atoms with Crippen LogP contribution in [0.4, 0.5) is 5.69 Å². The summed E-state index contributed by atoms with van der Waals surface area (Å²) in [4.78, 5) is 0. The molecule has 2 aromatic carbocycles. The van der Waals surface area contributed by atoms with Crippen molar-refractivity contribution in [3.8, 4) is 5.75 Å². The van der Waals surface area contributed by atoms with E-state index in [0.29, 0.717) is 5.92 Å². The molecule has 0 heterocycles. The first-order chi connectivity index (χ1) is 9.20. The van der Waals surface area contributed by atoms with Crippen LogP contribution in [-0.4, -0.2) is 13.7 Å². The van der Waals surface area contributed by atoms with Crippen molar-refractivity contribution in [2.45, 2.75) is 19.8 Å². The number of hydrogen-bond acceptors (Lipinski definition) is 2.